The van der Waals surface area contributed by atoms with Crippen LogP contribution in [0.1, 0.15) is 5.89 Å². The number of benzene rings is 2. The number of nitrogens with zero attached hydrogens (tertiary/aromatic N) is 2. The third-order valence-corrected chi connectivity index (χ3v) is 4.96. The van der Waals surface area contributed by atoms with E-state index >= 15 is 0 Å². The number of hydrogen-bond acceptors (Lipinski definition) is 8. The maximum absolute atomic E-state index is 5.61. The van der Waals surface area contributed by atoms with E-state index in [9.17, 15) is 0 Å². The molecular weight excluding hydrogens is 368 g/mol. The molecular formula is C19H18N2O5S. The summed E-state index contributed by atoms with van der Waals surface area (Å²) in [6.07, 6.45) is 0. The zero-order chi connectivity index (χ0) is 18.6. The number of fused-ring (bicyclic) bond motifs is 1. The fourth-order valence-electron chi connectivity index (χ4n) is 2.66. The second kappa shape index (κ2) is 7.79. The quantitative estimate of drug-likeness (QED) is 0.592. The van der Waals surface area contributed by atoms with Crippen molar-refractivity contribution in [3.8, 4) is 34.4 Å². The molecule has 0 unspecified atom stereocenters. The van der Waals surface area contributed by atoms with Crippen molar-refractivity contribution in [2.24, 2.45) is 0 Å². The first-order chi connectivity index (χ1) is 13.3. The lowest BCUT2D eigenvalue weighted by Crippen LogP contribution is -2.15. The average molecular weight is 386 g/mol. The lowest BCUT2D eigenvalue weighted by molar-refractivity contribution is 0.171. The van der Waals surface area contributed by atoms with Gasteiger partial charge in [0.2, 0.25) is 11.7 Å². The molecule has 0 spiro atoms. The largest absolute Gasteiger partial charge is 0.493 e. The van der Waals surface area contributed by atoms with Gasteiger partial charge in [0, 0.05) is 10.5 Å². The lowest BCUT2D eigenvalue weighted by atomic mass is 10.2. The Balaban J connectivity index is 1.45. The number of aromatic nitrogens is 2. The third-order valence-electron chi connectivity index (χ3n) is 3.99. The summed E-state index contributed by atoms with van der Waals surface area (Å²) in [5.41, 5.74) is 0.798. The van der Waals surface area contributed by atoms with Crippen molar-refractivity contribution in [2.45, 2.75) is 10.6 Å². The van der Waals surface area contributed by atoms with Crippen LogP contribution in [0.25, 0.3) is 11.4 Å². The van der Waals surface area contributed by atoms with Crippen molar-refractivity contribution in [3.05, 3.63) is 42.3 Å². The smallest absolute Gasteiger partial charge is 0.237 e. The Morgan fingerprint density at radius 1 is 0.963 bits per heavy atom. The molecule has 0 N–H and O–H groups in total. The Hall–Kier alpha value is -2.87. The first-order valence-corrected chi connectivity index (χ1v) is 9.33. The van der Waals surface area contributed by atoms with Crippen LogP contribution >= 0.6 is 11.8 Å². The minimum Gasteiger partial charge on any atom is -0.493 e. The molecule has 0 aliphatic carbocycles. The van der Waals surface area contributed by atoms with Gasteiger partial charge in [-0.15, -0.1) is 11.8 Å². The monoisotopic (exact) mass is 386 g/mol. The topological polar surface area (TPSA) is 75.8 Å². The first kappa shape index (κ1) is 17.5. The van der Waals surface area contributed by atoms with E-state index in [1.54, 1.807) is 26.0 Å². The van der Waals surface area contributed by atoms with Crippen LogP contribution in [0.2, 0.25) is 0 Å². The van der Waals surface area contributed by atoms with Gasteiger partial charge in [0.1, 0.15) is 13.2 Å². The number of methoxy groups -OCH3 is 2. The molecule has 0 fully saturated rings. The molecule has 8 heteroatoms. The maximum Gasteiger partial charge on any atom is 0.237 e. The van der Waals surface area contributed by atoms with Gasteiger partial charge in [-0.2, -0.15) is 4.98 Å². The Kier molecular flexibility index (Phi) is 5.06. The maximum atomic E-state index is 5.61. The summed E-state index contributed by atoms with van der Waals surface area (Å²) in [6.45, 7) is 1.15. The summed E-state index contributed by atoms with van der Waals surface area (Å²) in [7, 11) is 3.19. The first-order valence-electron chi connectivity index (χ1n) is 8.34. The highest BCUT2D eigenvalue weighted by Crippen LogP contribution is 2.35. The minimum absolute atomic E-state index is 0.508. The van der Waals surface area contributed by atoms with Gasteiger partial charge in [-0.25, -0.2) is 0 Å². The summed E-state index contributed by atoms with van der Waals surface area (Å²) < 4.78 is 27.1. The van der Waals surface area contributed by atoms with Gasteiger partial charge in [0.05, 0.1) is 20.0 Å². The standard InChI is InChI=1S/C19H18N2O5S/c1-22-14-5-3-12(9-16(14)23-2)19-20-18(26-21-19)11-27-13-4-6-15-17(10-13)25-8-7-24-15/h3-6,9-10H,7-8,11H2,1-2H3. The molecule has 27 heavy (non-hydrogen) atoms. The van der Waals surface area contributed by atoms with E-state index in [1.165, 1.54) is 0 Å². The number of ether oxygens (including phenoxy) is 4. The van der Waals surface area contributed by atoms with E-state index in [1.807, 2.05) is 36.4 Å². The van der Waals surface area contributed by atoms with Crippen LogP contribution in [-0.4, -0.2) is 37.6 Å². The normalized spacial score (nSPS) is 12.7. The van der Waals surface area contributed by atoms with E-state index in [0.717, 1.165) is 22.0 Å². The Morgan fingerprint density at radius 3 is 2.59 bits per heavy atom. The number of rotatable bonds is 6. The Morgan fingerprint density at radius 2 is 1.78 bits per heavy atom. The van der Waals surface area contributed by atoms with Crippen molar-refractivity contribution in [2.75, 3.05) is 27.4 Å². The fourth-order valence-corrected chi connectivity index (χ4v) is 3.43. The van der Waals surface area contributed by atoms with E-state index in [4.69, 9.17) is 23.5 Å². The molecule has 1 aromatic heterocycles. The summed E-state index contributed by atoms with van der Waals surface area (Å²) in [5, 5.41) is 4.06. The molecule has 1 aliphatic rings. The second-order valence-electron chi connectivity index (χ2n) is 5.68. The lowest BCUT2D eigenvalue weighted by Gasteiger charge is -2.18. The average Bonchev–Trinajstić information content (AvgIpc) is 3.20. The summed E-state index contributed by atoms with van der Waals surface area (Å²) in [5.74, 6) is 4.42. The molecule has 0 amide bonds. The van der Waals surface area contributed by atoms with Gasteiger partial charge < -0.3 is 23.5 Å². The molecule has 1 aliphatic heterocycles. The Labute approximate surface area is 160 Å². The predicted molar refractivity (Wildman–Crippen MR) is 99.8 cm³/mol. The molecule has 0 bridgehead atoms. The van der Waals surface area contributed by atoms with E-state index in [-0.39, 0.29) is 0 Å². The van der Waals surface area contributed by atoms with Crippen LogP contribution < -0.4 is 18.9 Å². The van der Waals surface area contributed by atoms with Crippen molar-refractivity contribution < 1.29 is 23.5 Å². The molecule has 0 saturated carbocycles. The highest BCUT2D eigenvalue weighted by molar-refractivity contribution is 7.98. The molecule has 4 rings (SSSR count). The summed E-state index contributed by atoms with van der Waals surface area (Å²) in [4.78, 5) is 5.51. The second-order valence-corrected chi connectivity index (χ2v) is 6.72. The van der Waals surface area contributed by atoms with E-state index in [2.05, 4.69) is 10.1 Å². The molecule has 2 heterocycles. The fraction of sp³-hybridized carbons (Fsp3) is 0.263. The van der Waals surface area contributed by atoms with Crippen molar-refractivity contribution in [1.29, 1.82) is 0 Å². The van der Waals surface area contributed by atoms with Gasteiger partial charge in [0.15, 0.2) is 23.0 Å². The molecule has 7 nitrogen and oxygen atoms in total. The minimum atomic E-state index is 0.508. The molecule has 3 aromatic rings. The number of thioether (sulfide) groups is 1. The van der Waals surface area contributed by atoms with Crippen LogP contribution in [-0.2, 0) is 5.75 Å². The highest BCUT2D eigenvalue weighted by atomic mass is 32.2. The Bertz CT molecular complexity index is 944. The van der Waals surface area contributed by atoms with Crippen molar-refractivity contribution >= 4 is 11.8 Å². The number of hydrogen-bond donors (Lipinski definition) is 0. The molecule has 140 valence electrons. The summed E-state index contributed by atoms with van der Waals surface area (Å²) in [6, 6.07) is 11.4. The van der Waals surface area contributed by atoms with Gasteiger partial charge in [-0.3, -0.25) is 0 Å². The van der Waals surface area contributed by atoms with Crippen LogP contribution in [0.5, 0.6) is 23.0 Å². The van der Waals surface area contributed by atoms with Crippen LogP contribution in [0, 0.1) is 0 Å². The third kappa shape index (κ3) is 3.80. The predicted octanol–water partition coefficient (Wildman–Crippen LogP) is 3.82. The van der Waals surface area contributed by atoms with Gasteiger partial charge in [-0.1, -0.05) is 5.16 Å². The van der Waals surface area contributed by atoms with Crippen LogP contribution in [0.4, 0.5) is 0 Å². The van der Waals surface area contributed by atoms with Gasteiger partial charge in [0.25, 0.3) is 0 Å². The van der Waals surface area contributed by atoms with Crippen LogP contribution in [0.3, 0.4) is 0 Å². The highest BCUT2D eigenvalue weighted by Gasteiger charge is 2.14. The van der Waals surface area contributed by atoms with E-state index in [0.29, 0.717) is 42.2 Å². The van der Waals surface area contributed by atoms with Crippen molar-refractivity contribution in [3.63, 3.8) is 0 Å². The SMILES string of the molecule is COc1ccc(-c2noc(CSc3ccc4c(c3)OCCO4)n2)cc1OC. The molecule has 2 aromatic carbocycles. The molecule has 0 saturated heterocycles. The van der Waals surface area contributed by atoms with Crippen LogP contribution in [0.15, 0.2) is 45.8 Å². The van der Waals surface area contributed by atoms with Crippen molar-refractivity contribution in [1.82, 2.24) is 10.1 Å². The van der Waals surface area contributed by atoms with Gasteiger partial charge >= 0.3 is 0 Å². The zero-order valence-corrected chi connectivity index (χ0v) is 15.7. The van der Waals surface area contributed by atoms with Gasteiger partial charge in [-0.05, 0) is 36.4 Å². The molecule has 0 radical (unpaired) electrons. The molecule has 0 atom stereocenters. The van der Waals surface area contributed by atoms with E-state index < -0.39 is 0 Å². The zero-order valence-electron chi connectivity index (χ0n) is 14.9. The summed E-state index contributed by atoms with van der Waals surface area (Å²) >= 11 is 1.59.